The second kappa shape index (κ2) is 6.70. The van der Waals surface area contributed by atoms with Crippen LogP contribution in [0.2, 0.25) is 0 Å². The average molecular weight is 235 g/mol. The van der Waals surface area contributed by atoms with Gasteiger partial charge in [-0.25, -0.2) is 9.97 Å². The second-order valence-corrected chi connectivity index (χ2v) is 4.55. The Kier molecular flexibility index (Phi) is 5.56. The van der Waals surface area contributed by atoms with Gasteiger partial charge in [-0.15, -0.1) is 0 Å². The Hall–Kier alpha value is -0.960. The van der Waals surface area contributed by atoms with Gasteiger partial charge in [0.05, 0.1) is 0 Å². The molecule has 0 spiro atoms. The van der Waals surface area contributed by atoms with Crippen LogP contribution in [-0.2, 0) is 6.42 Å². The predicted octanol–water partition coefficient (Wildman–Crippen LogP) is 2.84. The maximum atomic E-state index is 4.58. The first kappa shape index (κ1) is 14.1. The van der Waals surface area contributed by atoms with Gasteiger partial charge in [-0.2, -0.15) is 0 Å². The van der Waals surface area contributed by atoms with Crippen LogP contribution >= 0.6 is 0 Å². The van der Waals surface area contributed by atoms with Gasteiger partial charge in [-0.3, -0.25) is 0 Å². The maximum Gasteiger partial charge on any atom is 0.125 e. The Balaban J connectivity index is 2.93. The van der Waals surface area contributed by atoms with Crippen molar-refractivity contribution in [2.75, 3.05) is 6.54 Å². The fourth-order valence-corrected chi connectivity index (χ4v) is 2.21. The Morgan fingerprint density at radius 1 is 1.24 bits per heavy atom. The van der Waals surface area contributed by atoms with Crippen LogP contribution in [0.1, 0.15) is 57.2 Å². The van der Waals surface area contributed by atoms with Crippen molar-refractivity contribution in [3.05, 3.63) is 23.3 Å². The van der Waals surface area contributed by atoms with Crippen LogP contribution in [-0.4, -0.2) is 22.6 Å². The summed E-state index contributed by atoms with van der Waals surface area (Å²) in [7, 11) is 0. The summed E-state index contributed by atoms with van der Waals surface area (Å²) in [5.74, 6) is 1.32. The highest BCUT2D eigenvalue weighted by atomic mass is 14.9. The highest BCUT2D eigenvalue weighted by Crippen LogP contribution is 2.20. The summed E-state index contributed by atoms with van der Waals surface area (Å²) in [6.45, 7) is 11.7. The van der Waals surface area contributed by atoms with Gasteiger partial charge in [0.1, 0.15) is 5.82 Å². The molecule has 3 heteroatoms. The summed E-state index contributed by atoms with van der Waals surface area (Å²) in [6, 6.07) is 2.65. The van der Waals surface area contributed by atoms with E-state index in [1.165, 1.54) is 5.69 Å². The van der Waals surface area contributed by atoms with Gasteiger partial charge in [0.2, 0.25) is 0 Å². The molecule has 0 bridgehead atoms. The minimum absolute atomic E-state index is 0.437. The quantitative estimate of drug-likeness (QED) is 0.824. The van der Waals surface area contributed by atoms with Crippen LogP contribution in [0.5, 0.6) is 0 Å². The third-order valence-corrected chi connectivity index (χ3v) is 3.25. The minimum Gasteiger partial charge on any atom is -0.314 e. The molecule has 0 aliphatic heterocycles. The molecular formula is C14H25N3. The van der Waals surface area contributed by atoms with Gasteiger partial charge in [0, 0.05) is 23.3 Å². The van der Waals surface area contributed by atoms with Crippen molar-refractivity contribution in [3.8, 4) is 0 Å². The lowest BCUT2D eigenvalue weighted by Crippen LogP contribution is -2.33. The lowest BCUT2D eigenvalue weighted by molar-refractivity contribution is 0.441. The first-order valence-electron chi connectivity index (χ1n) is 6.70. The molecule has 1 rings (SSSR count). The van der Waals surface area contributed by atoms with Crippen LogP contribution in [0.4, 0.5) is 0 Å². The van der Waals surface area contributed by atoms with Crippen LogP contribution in [0, 0.1) is 6.92 Å². The number of hydrogen-bond donors (Lipinski definition) is 1. The summed E-state index contributed by atoms with van der Waals surface area (Å²) in [4.78, 5) is 9.02. The van der Waals surface area contributed by atoms with E-state index in [2.05, 4.69) is 49.0 Å². The zero-order valence-corrected chi connectivity index (χ0v) is 11.7. The molecule has 2 atom stereocenters. The van der Waals surface area contributed by atoms with Crippen molar-refractivity contribution in [3.63, 3.8) is 0 Å². The molecule has 1 N–H and O–H groups in total. The second-order valence-electron chi connectivity index (χ2n) is 4.55. The number of likely N-dealkylation sites (N-methyl/N-ethyl adjacent to an activating group) is 1. The van der Waals surface area contributed by atoms with E-state index in [1.54, 1.807) is 0 Å². The normalized spacial score (nSPS) is 14.6. The Labute approximate surface area is 105 Å². The zero-order chi connectivity index (χ0) is 12.8. The number of rotatable bonds is 6. The SMILES string of the molecule is CCNC(CC)C(C)c1cc(CC)nc(C)n1. The van der Waals surface area contributed by atoms with Crippen molar-refractivity contribution < 1.29 is 0 Å². The molecule has 0 saturated heterocycles. The van der Waals surface area contributed by atoms with Gasteiger partial charge in [-0.1, -0.05) is 27.7 Å². The molecule has 0 aromatic carbocycles. The highest BCUT2D eigenvalue weighted by Gasteiger charge is 2.18. The molecule has 1 aromatic rings. The molecule has 0 fully saturated rings. The van der Waals surface area contributed by atoms with Gasteiger partial charge in [0.15, 0.2) is 0 Å². The van der Waals surface area contributed by atoms with Crippen LogP contribution in [0.15, 0.2) is 6.07 Å². The number of aromatic nitrogens is 2. The molecule has 17 heavy (non-hydrogen) atoms. The lowest BCUT2D eigenvalue weighted by Gasteiger charge is -2.23. The van der Waals surface area contributed by atoms with Crippen LogP contribution in [0.3, 0.4) is 0 Å². The van der Waals surface area contributed by atoms with E-state index in [4.69, 9.17) is 0 Å². The molecule has 0 radical (unpaired) electrons. The van der Waals surface area contributed by atoms with Crippen molar-refractivity contribution >= 4 is 0 Å². The van der Waals surface area contributed by atoms with E-state index >= 15 is 0 Å². The van der Waals surface area contributed by atoms with Crippen molar-refractivity contribution in [1.29, 1.82) is 0 Å². The molecule has 2 unspecified atom stereocenters. The lowest BCUT2D eigenvalue weighted by atomic mass is 9.95. The molecule has 0 aliphatic carbocycles. The summed E-state index contributed by atoms with van der Waals surface area (Å²) < 4.78 is 0. The average Bonchev–Trinajstić information content (AvgIpc) is 2.34. The third-order valence-electron chi connectivity index (χ3n) is 3.25. The van der Waals surface area contributed by atoms with Crippen molar-refractivity contribution in [2.24, 2.45) is 0 Å². The van der Waals surface area contributed by atoms with E-state index < -0.39 is 0 Å². The van der Waals surface area contributed by atoms with Gasteiger partial charge < -0.3 is 5.32 Å². The topological polar surface area (TPSA) is 37.8 Å². The van der Waals surface area contributed by atoms with E-state index in [9.17, 15) is 0 Å². The molecular weight excluding hydrogens is 210 g/mol. The van der Waals surface area contributed by atoms with Crippen LogP contribution in [0.25, 0.3) is 0 Å². The molecule has 0 aliphatic rings. The van der Waals surface area contributed by atoms with E-state index in [-0.39, 0.29) is 0 Å². The Morgan fingerprint density at radius 3 is 2.47 bits per heavy atom. The van der Waals surface area contributed by atoms with Crippen molar-refractivity contribution in [2.45, 2.75) is 59.4 Å². The van der Waals surface area contributed by atoms with E-state index in [0.29, 0.717) is 12.0 Å². The molecule has 0 amide bonds. The van der Waals surface area contributed by atoms with Gasteiger partial charge in [0.25, 0.3) is 0 Å². The van der Waals surface area contributed by atoms with Crippen molar-refractivity contribution in [1.82, 2.24) is 15.3 Å². The number of nitrogens with zero attached hydrogens (tertiary/aromatic N) is 2. The van der Waals surface area contributed by atoms with Gasteiger partial charge >= 0.3 is 0 Å². The molecule has 96 valence electrons. The maximum absolute atomic E-state index is 4.58. The monoisotopic (exact) mass is 235 g/mol. The fraction of sp³-hybridized carbons (Fsp3) is 0.714. The molecule has 1 aromatic heterocycles. The number of hydrogen-bond acceptors (Lipinski definition) is 3. The predicted molar refractivity (Wildman–Crippen MR) is 72.3 cm³/mol. The standard InChI is InChI=1S/C14H25N3/c1-6-12-9-14(17-11(5)16-12)10(4)13(7-2)15-8-3/h9-10,13,15H,6-8H2,1-5H3. The Morgan fingerprint density at radius 2 is 1.94 bits per heavy atom. The third kappa shape index (κ3) is 3.77. The van der Waals surface area contributed by atoms with E-state index in [0.717, 1.165) is 30.9 Å². The summed E-state index contributed by atoms with van der Waals surface area (Å²) in [5.41, 5.74) is 2.31. The summed E-state index contributed by atoms with van der Waals surface area (Å²) in [5, 5.41) is 3.53. The summed E-state index contributed by atoms with van der Waals surface area (Å²) >= 11 is 0. The smallest absolute Gasteiger partial charge is 0.125 e. The number of aryl methyl sites for hydroxylation is 2. The number of nitrogens with one attached hydrogen (secondary N) is 1. The Bertz CT molecular complexity index is 349. The zero-order valence-electron chi connectivity index (χ0n) is 11.7. The largest absolute Gasteiger partial charge is 0.314 e. The van der Waals surface area contributed by atoms with Gasteiger partial charge in [-0.05, 0) is 32.4 Å². The first-order chi connectivity index (χ1) is 8.12. The molecule has 1 heterocycles. The van der Waals surface area contributed by atoms with E-state index in [1.807, 2.05) is 6.92 Å². The molecule has 0 saturated carbocycles. The van der Waals surface area contributed by atoms with Crippen LogP contribution < -0.4 is 5.32 Å². The minimum atomic E-state index is 0.437. The first-order valence-corrected chi connectivity index (χ1v) is 6.70. The summed E-state index contributed by atoms with van der Waals surface area (Å²) in [6.07, 6.45) is 2.10. The highest BCUT2D eigenvalue weighted by molar-refractivity contribution is 5.16. The molecule has 3 nitrogen and oxygen atoms in total. The fourth-order valence-electron chi connectivity index (χ4n) is 2.21.